The van der Waals surface area contributed by atoms with Crippen LogP contribution in [0.1, 0.15) is 28.8 Å². The van der Waals surface area contributed by atoms with Crippen LogP contribution >= 0.6 is 11.6 Å². The van der Waals surface area contributed by atoms with Crippen molar-refractivity contribution < 1.29 is 24.5 Å². The number of hydrogen-bond acceptors (Lipinski definition) is 4. The molecule has 0 aliphatic rings. The van der Waals surface area contributed by atoms with Gasteiger partial charge >= 0.3 is 11.9 Å². The molecule has 5 nitrogen and oxygen atoms in total. The fraction of sp³-hybridized carbons (Fsp3) is 0.286. The first-order chi connectivity index (χ1) is 9.47. The van der Waals surface area contributed by atoms with Crippen LogP contribution in [0.15, 0.2) is 24.8 Å². The molecule has 0 unspecified atom stereocenters. The zero-order valence-corrected chi connectivity index (χ0v) is 11.5. The lowest BCUT2D eigenvalue weighted by Gasteiger charge is -2.15. The van der Waals surface area contributed by atoms with E-state index in [0.717, 1.165) is 12.1 Å². The van der Waals surface area contributed by atoms with Gasteiger partial charge in [0.2, 0.25) is 0 Å². The molecule has 0 amide bonds. The van der Waals surface area contributed by atoms with Crippen LogP contribution in [0.3, 0.4) is 0 Å². The fourth-order valence-electron chi connectivity index (χ4n) is 1.68. The molecule has 0 heterocycles. The van der Waals surface area contributed by atoms with Crippen molar-refractivity contribution in [1.82, 2.24) is 0 Å². The highest BCUT2D eigenvalue weighted by molar-refractivity contribution is 6.33. The number of carboxylic acids is 1. The van der Waals surface area contributed by atoms with Crippen molar-refractivity contribution in [3.63, 3.8) is 0 Å². The Kier molecular flexibility index (Phi) is 6.06. The van der Waals surface area contributed by atoms with Crippen molar-refractivity contribution >= 4 is 23.5 Å². The van der Waals surface area contributed by atoms with Gasteiger partial charge in [0.1, 0.15) is 0 Å². The molecule has 0 fully saturated rings. The molecule has 0 bridgehead atoms. The highest BCUT2D eigenvalue weighted by Crippen LogP contribution is 2.29. The van der Waals surface area contributed by atoms with E-state index in [-0.39, 0.29) is 17.2 Å². The van der Waals surface area contributed by atoms with Crippen LogP contribution in [-0.2, 0) is 16.0 Å². The smallest absolute Gasteiger partial charge is 0.336 e. The van der Waals surface area contributed by atoms with Crippen molar-refractivity contribution in [1.29, 1.82) is 0 Å². The number of esters is 1. The van der Waals surface area contributed by atoms with Crippen molar-refractivity contribution in [2.45, 2.75) is 19.3 Å². The summed E-state index contributed by atoms with van der Waals surface area (Å²) < 4.78 is 4.79. The Labute approximate surface area is 121 Å². The van der Waals surface area contributed by atoms with Gasteiger partial charge in [-0.15, -0.1) is 0 Å². The number of carbonyl (C=O) groups is 2. The van der Waals surface area contributed by atoms with E-state index in [1.54, 1.807) is 0 Å². The highest BCUT2D eigenvalue weighted by atomic mass is 35.5. The molecule has 0 saturated heterocycles. The maximum atomic E-state index is 11.4. The van der Waals surface area contributed by atoms with Crippen LogP contribution in [-0.4, -0.2) is 23.7 Å². The fourth-order valence-corrected chi connectivity index (χ4v) is 1.94. The van der Waals surface area contributed by atoms with E-state index >= 15 is 0 Å². The molecule has 0 aliphatic heterocycles. The summed E-state index contributed by atoms with van der Waals surface area (Å²) in [5, 5.41) is 20.4. The van der Waals surface area contributed by atoms with Gasteiger partial charge in [-0.1, -0.05) is 30.0 Å². The predicted octanol–water partition coefficient (Wildman–Crippen LogP) is 2.16. The molecule has 108 valence electrons. The first-order valence-electron chi connectivity index (χ1n) is 5.98. The molecule has 0 aromatic heterocycles. The van der Waals surface area contributed by atoms with E-state index in [2.05, 4.69) is 6.58 Å². The Bertz CT molecular complexity index is 525. The number of carboxylic acid groups (broad SMARTS) is 1. The molecular weight excluding hydrogens is 284 g/mol. The van der Waals surface area contributed by atoms with Crippen molar-refractivity contribution in [2.75, 3.05) is 6.61 Å². The average Bonchev–Trinajstić information content (AvgIpc) is 2.42. The van der Waals surface area contributed by atoms with Crippen molar-refractivity contribution in [2.24, 2.45) is 0 Å². The molecule has 1 aromatic carbocycles. The van der Waals surface area contributed by atoms with Crippen molar-refractivity contribution in [3.8, 4) is 5.75 Å². The second-order valence-corrected chi connectivity index (χ2v) is 4.42. The van der Waals surface area contributed by atoms with Crippen LogP contribution in [0.2, 0.25) is 5.02 Å². The summed E-state index contributed by atoms with van der Waals surface area (Å²) >= 11 is 5.85. The molecule has 0 radical (unpaired) electrons. The Hall–Kier alpha value is -2.01. The number of benzene rings is 1. The SMILES string of the molecule is C=CC(=O)OCCCCc1c(C(=O)O)ccc([O-])c1Cl. The van der Waals surface area contributed by atoms with Gasteiger partial charge in [0.05, 0.1) is 12.2 Å². The normalized spacial score (nSPS) is 10.1. The molecule has 1 aromatic rings. The molecular formula is C14H14ClO5-. The van der Waals surface area contributed by atoms with Crippen molar-refractivity contribution in [3.05, 3.63) is 40.9 Å². The van der Waals surface area contributed by atoms with Gasteiger partial charge in [0.15, 0.2) is 0 Å². The quantitative estimate of drug-likeness (QED) is 0.473. The van der Waals surface area contributed by atoms with Crippen LogP contribution in [0.25, 0.3) is 0 Å². The van der Waals surface area contributed by atoms with E-state index in [4.69, 9.17) is 21.4 Å². The number of halogens is 1. The number of carbonyl (C=O) groups excluding carboxylic acids is 1. The van der Waals surface area contributed by atoms with Gasteiger partial charge in [-0.3, -0.25) is 0 Å². The third-order valence-corrected chi connectivity index (χ3v) is 3.08. The monoisotopic (exact) mass is 297 g/mol. The van der Waals surface area contributed by atoms with Crippen LogP contribution < -0.4 is 5.11 Å². The summed E-state index contributed by atoms with van der Waals surface area (Å²) in [5.74, 6) is -2.03. The first-order valence-corrected chi connectivity index (χ1v) is 6.36. The molecule has 1 N–H and O–H groups in total. The lowest BCUT2D eigenvalue weighted by Crippen LogP contribution is -2.07. The molecule has 0 aliphatic carbocycles. The number of rotatable bonds is 7. The molecule has 0 spiro atoms. The van der Waals surface area contributed by atoms with Gasteiger partial charge < -0.3 is 14.9 Å². The average molecular weight is 298 g/mol. The van der Waals surface area contributed by atoms with E-state index < -0.39 is 17.7 Å². The van der Waals surface area contributed by atoms with Gasteiger partial charge in [0.25, 0.3) is 0 Å². The van der Waals surface area contributed by atoms with Gasteiger partial charge in [-0.2, -0.15) is 0 Å². The van der Waals surface area contributed by atoms with Crippen LogP contribution in [0.4, 0.5) is 0 Å². The predicted molar refractivity (Wildman–Crippen MR) is 72.0 cm³/mol. The van der Waals surface area contributed by atoms with E-state index in [9.17, 15) is 14.7 Å². The van der Waals surface area contributed by atoms with E-state index in [0.29, 0.717) is 24.8 Å². The minimum atomic E-state index is -1.13. The standard InChI is InChI=1S/C14H15ClO5/c1-2-12(17)20-8-4-3-5-9-10(14(18)19)6-7-11(16)13(9)15/h2,6-7,16H,1,3-5,8H2,(H,18,19)/p-1. The summed E-state index contributed by atoms with van der Waals surface area (Å²) in [7, 11) is 0. The van der Waals surface area contributed by atoms with E-state index in [1.165, 1.54) is 6.07 Å². The maximum Gasteiger partial charge on any atom is 0.336 e. The number of unbranched alkanes of at least 4 members (excludes halogenated alkanes) is 1. The minimum absolute atomic E-state index is 0.0256. The second kappa shape index (κ2) is 7.55. The third-order valence-electron chi connectivity index (χ3n) is 2.67. The molecule has 1 rings (SSSR count). The first kappa shape index (κ1) is 16.0. The summed E-state index contributed by atoms with van der Waals surface area (Å²) in [6.07, 6.45) is 2.49. The summed E-state index contributed by atoms with van der Waals surface area (Å²) in [6, 6.07) is 2.39. The zero-order chi connectivity index (χ0) is 15.1. The lowest BCUT2D eigenvalue weighted by molar-refractivity contribution is -0.268. The number of hydrogen-bond donors (Lipinski definition) is 1. The largest absolute Gasteiger partial charge is 0.871 e. The Morgan fingerprint density at radius 1 is 1.40 bits per heavy atom. The maximum absolute atomic E-state index is 11.4. The molecule has 6 heteroatoms. The van der Waals surface area contributed by atoms with Gasteiger partial charge in [-0.25, -0.2) is 9.59 Å². The summed E-state index contributed by atoms with van der Waals surface area (Å²) in [5.41, 5.74) is 0.347. The van der Waals surface area contributed by atoms with Crippen LogP contribution in [0, 0.1) is 0 Å². The number of aromatic carboxylic acids is 1. The number of ether oxygens (including phenoxy) is 1. The van der Waals surface area contributed by atoms with Gasteiger partial charge in [-0.05, 0) is 30.9 Å². The van der Waals surface area contributed by atoms with E-state index in [1.807, 2.05) is 0 Å². The highest BCUT2D eigenvalue weighted by Gasteiger charge is 2.13. The van der Waals surface area contributed by atoms with Crippen LogP contribution in [0.5, 0.6) is 5.75 Å². The van der Waals surface area contributed by atoms with Gasteiger partial charge in [0, 0.05) is 11.1 Å². The Balaban J connectivity index is 2.63. The molecule has 0 saturated carbocycles. The molecule has 20 heavy (non-hydrogen) atoms. The zero-order valence-electron chi connectivity index (χ0n) is 10.7. The summed E-state index contributed by atoms with van der Waals surface area (Å²) in [4.78, 5) is 21.9. The topological polar surface area (TPSA) is 86.7 Å². The molecule has 0 atom stereocenters. The Morgan fingerprint density at radius 3 is 2.70 bits per heavy atom. The third kappa shape index (κ3) is 4.28. The Morgan fingerprint density at radius 2 is 2.10 bits per heavy atom. The summed E-state index contributed by atoms with van der Waals surface area (Å²) in [6.45, 7) is 3.48. The second-order valence-electron chi connectivity index (χ2n) is 4.04. The minimum Gasteiger partial charge on any atom is -0.871 e. The lowest BCUT2D eigenvalue weighted by atomic mass is 10.0.